The van der Waals surface area contributed by atoms with Gasteiger partial charge in [0.25, 0.3) is 5.91 Å². The van der Waals surface area contributed by atoms with Crippen LogP contribution in [0.15, 0.2) is 47.7 Å². The summed E-state index contributed by atoms with van der Waals surface area (Å²) in [6, 6.07) is 10.8. The standard InChI is InChI=1S/C17H15ClN4O2/c1-11-16(22-10-13(18)5-8-15(22)20-11)17(23)21-19-9-12-3-6-14(24-2)7-4-12/h3-10H,1-2H3,(H,21,23)/b19-9-. The third kappa shape index (κ3) is 3.23. The molecule has 0 aliphatic rings. The van der Waals surface area contributed by atoms with Gasteiger partial charge in [-0.2, -0.15) is 5.10 Å². The lowest BCUT2D eigenvalue weighted by atomic mass is 10.2. The molecule has 0 saturated carbocycles. The second kappa shape index (κ2) is 6.72. The van der Waals surface area contributed by atoms with E-state index in [0.29, 0.717) is 22.1 Å². The smallest absolute Gasteiger partial charge is 0.290 e. The zero-order valence-electron chi connectivity index (χ0n) is 13.2. The summed E-state index contributed by atoms with van der Waals surface area (Å²) in [6.45, 7) is 1.77. The Kier molecular flexibility index (Phi) is 4.48. The zero-order valence-corrected chi connectivity index (χ0v) is 13.9. The molecule has 1 N–H and O–H groups in total. The Labute approximate surface area is 143 Å². The summed E-state index contributed by atoms with van der Waals surface area (Å²) in [5.74, 6) is 0.404. The Balaban J connectivity index is 1.78. The van der Waals surface area contributed by atoms with E-state index in [1.54, 1.807) is 43.0 Å². The Morgan fingerprint density at radius 1 is 1.29 bits per heavy atom. The number of benzene rings is 1. The molecule has 1 amide bonds. The number of hydrazone groups is 1. The number of carbonyl (C=O) groups is 1. The Morgan fingerprint density at radius 3 is 2.75 bits per heavy atom. The van der Waals surface area contributed by atoms with Crippen LogP contribution in [0.3, 0.4) is 0 Å². The van der Waals surface area contributed by atoms with Crippen LogP contribution >= 0.6 is 11.6 Å². The molecule has 0 fully saturated rings. The fraction of sp³-hybridized carbons (Fsp3) is 0.118. The highest BCUT2D eigenvalue weighted by Gasteiger charge is 2.16. The van der Waals surface area contributed by atoms with Crippen LogP contribution in [-0.2, 0) is 0 Å². The van der Waals surface area contributed by atoms with Crippen molar-refractivity contribution in [2.75, 3.05) is 7.11 Å². The maximum Gasteiger partial charge on any atom is 0.290 e. The van der Waals surface area contributed by atoms with Crippen molar-refractivity contribution in [3.8, 4) is 5.75 Å². The molecule has 3 aromatic rings. The number of aryl methyl sites for hydroxylation is 1. The minimum Gasteiger partial charge on any atom is -0.497 e. The van der Waals surface area contributed by atoms with Gasteiger partial charge in [0.15, 0.2) is 0 Å². The van der Waals surface area contributed by atoms with Gasteiger partial charge in [-0.1, -0.05) is 11.6 Å². The van der Waals surface area contributed by atoms with Crippen LogP contribution in [0.2, 0.25) is 5.02 Å². The van der Waals surface area contributed by atoms with E-state index in [1.165, 1.54) is 0 Å². The Morgan fingerprint density at radius 2 is 2.04 bits per heavy atom. The van der Waals surface area contributed by atoms with E-state index < -0.39 is 0 Å². The molecule has 3 rings (SSSR count). The van der Waals surface area contributed by atoms with Gasteiger partial charge in [-0.25, -0.2) is 10.4 Å². The van der Waals surface area contributed by atoms with E-state index in [0.717, 1.165) is 11.3 Å². The van der Waals surface area contributed by atoms with Crippen LogP contribution < -0.4 is 10.2 Å². The van der Waals surface area contributed by atoms with Crippen LogP contribution in [0.5, 0.6) is 5.75 Å². The van der Waals surface area contributed by atoms with Crippen molar-refractivity contribution in [1.82, 2.24) is 14.8 Å². The molecule has 2 aromatic heterocycles. The summed E-state index contributed by atoms with van der Waals surface area (Å²) in [4.78, 5) is 16.7. The van der Waals surface area contributed by atoms with E-state index in [4.69, 9.17) is 16.3 Å². The highest BCUT2D eigenvalue weighted by atomic mass is 35.5. The first-order chi connectivity index (χ1) is 11.6. The minimum atomic E-state index is -0.355. The monoisotopic (exact) mass is 342 g/mol. The van der Waals surface area contributed by atoms with Gasteiger partial charge in [0.1, 0.15) is 17.1 Å². The average Bonchev–Trinajstić information content (AvgIpc) is 2.90. The number of hydrogen-bond acceptors (Lipinski definition) is 4. The number of pyridine rings is 1. The lowest BCUT2D eigenvalue weighted by Crippen LogP contribution is -2.20. The molecular formula is C17H15ClN4O2. The summed E-state index contributed by atoms with van der Waals surface area (Å²) in [7, 11) is 1.60. The molecule has 7 heteroatoms. The number of fused-ring (bicyclic) bond motifs is 1. The summed E-state index contributed by atoms with van der Waals surface area (Å²) in [5.41, 5.74) is 5.01. The van der Waals surface area contributed by atoms with Gasteiger partial charge < -0.3 is 4.74 Å². The number of amides is 1. The first-order valence-corrected chi connectivity index (χ1v) is 7.58. The number of aromatic nitrogens is 2. The molecule has 122 valence electrons. The van der Waals surface area contributed by atoms with Crippen LogP contribution in [0.1, 0.15) is 21.7 Å². The normalized spacial score (nSPS) is 11.1. The predicted octanol–water partition coefficient (Wildman–Crippen LogP) is 3.07. The van der Waals surface area contributed by atoms with Crippen molar-refractivity contribution in [2.24, 2.45) is 5.10 Å². The highest BCUT2D eigenvalue weighted by molar-refractivity contribution is 6.30. The number of carbonyl (C=O) groups excluding carboxylic acids is 1. The first kappa shape index (κ1) is 16.0. The molecule has 0 atom stereocenters. The topological polar surface area (TPSA) is 68.0 Å². The Hall–Kier alpha value is -2.86. The summed E-state index contributed by atoms with van der Waals surface area (Å²) >= 11 is 5.99. The number of ether oxygens (including phenoxy) is 1. The predicted molar refractivity (Wildman–Crippen MR) is 93.0 cm³/mol. The van der Waals surface area contributed by atoms with Crippen molar-refractivity contribution in [3.05, 3.63) is 64.6 Å². The summed E-state index contributed by atoms with van der Waals surface area (Å²) in [6.07, 6.45) is 3.21. The number of nitrogens with zero attached hydrogens (tertiary/aromatic N) is 3. The Bertz CT molecular complexity index is 916. The molecule has 0 spiro atoms. The molecule has 0 radical (unpaired) electrons. The SMILES string of the molecule is COc1ccc(/C=N\NC(=O)c2c(C)nc3ccc(Cl)cn23)cc1. The second-order valence-electron chi connectivity index (χ2n) is 5.09. The van der Waals surface area contributed by atoms with Gasteiger partial charge in [0, 0.05) is 6.20 Å². The molecule has 6 nitrogen and oxygen atoms in total. The molecule has 0 saturated heterocycles. The fourth-order valence-electron chi connectivity index (χ4n) is 2.32. The van der Waals surface area contributed by atoms with Crippen LogP contribution in [0.25, 0.3) is 5.65 Å². The zero-order chi connectivity index (χ0) is 17.1. The fourth-order valence-corrected chi connectivity index (χ4v) is 2.48. The molecule has 2 heterocycles. The quantitative estimate of drug-likeness (QED) is 0.585. The van der Waals surface area contributed by atoms with Crippen molar-refractivity contribution in [1.29, 1.82) is 0 Å². The van der Waals surface area contributed by atoms with E-state index in [1.807, 2.05) is 24.3 Å². The van der Waals surface area contributed by atoms with E-state index >= 15 is 0 Å². The van der Waals surface area contributed by atoms with Gasteiger partial charge in [-0.15, -0.1) is 0 Å². The number of methoxy groups -OCH3 is 1. The molecular weight excluding hydrogens is 328 g/mol. The largest absolute Gasteiger partial charge is 0.497 e. The third-order valence-corrected chi connectivity index (χ3v) is 3.69. The van der Waals surface area contributed by atoms with Crippen molar-refractivity contribution < 1.29 is 9.53 Å². The lowest BCUT2D eigenvalue weighted by molar-refractivity contribution is 0.0948. The molecule has 1 aromatic carbocycles. The molecule has 0 aliphatic carbocycles. The molecule has 0 unspecified atom stereocenters. The van der Waals surface area contributed by atoms with Crippen molar-refractivity contribution in [2.45, 2.75) is 6.92 Å². The number of hydrogen-bond donors (Lipinski definition) is 1. The van der Waals surface area contributed by atoms with Gasteiger partial charge in [0.05, 0.1) is 24.0 Å². The van der Waals surface area contributed by atoms with Crippen LogP contribution in [0.4, 0.5) is 0 Å². The van der Waals surface area contributed by atoms with Crippen molar-refractivity contribution >= 4 is 29.4 Å². The number of rotatable bonds is 4. The molecule has 0 aliphatic heterocycles. The molecule has 0 bridgehead atoms. The second-order valence-corrected chi connectivity index (χ2v) is 5.53. The summed E-state index contributed by atoms with van der Waals surface area (Å²) < 4.78 is 6.74. The maximum absolute atomic E-state index is 12.4. The van der Waals surface area contributed by atoms with E-state index in [-0.39, 0.29) is 5.91 Å². The lowest BCUT2D eigenvalue weighted by Gasteiger charge is -2.02. The maximum atomic E-state index is 12.4. The number of halogens is 1. The van der Waals surface area contributed by atoms with E-state index in [9.17, 15) is 4.79 Å². The summed E-state index contributed by atoms with van der Waals surface area (Å²) in [5, 5.41) is 4.51. The van der Waals surface area contributed by atoms with Gasteiger partial charge >= 0.3 is 0 Å². The number of nitrogens with one attached hydrogen (secondary N) is 1. The molecule has 24 heavy (non-hydrogen) atoms. The van der Waals surface area contributed by atoms with Gasteiger partial charge in [-0.3, -0.25) is 9.20 Å². The van der Waals surface area contributed by atoms with E-state index in [2.05, 4.69) is 15.5 Å². The third-order valence-electron chi connectivity index (χ3n) is 3.47. The minimum absolute atomic E-state index is 0.355. The van der Waals surface area contributed by atoms with Gasteiger partial charge in [0.2, 0.25) is 0 Å². The number of imidazole rings is 1. The van der Waals surface area contributed by atoms with Crippen molar-refractivity contribution in [3.63, 3.8) is 0 Å². The van der Waals surface area contributed by atoms with Crippen LogP contribution in [0, 0.1) is 6.92 Å². The first-order valence-electron chi connectivity index (χ1n) is 7.20. The average molecular weight is 343 g/mol. The van der Waals surface area contributed by atoms with Gasteiger partial charge in [-0.05, 0) is 48.9 Å². The van der Waals surface area contributed by atoms with Crippen LogP contribution in [-0.4, -0.2) is 28.6 Å². The highest BCUT2D eigenvalue weighted by Crippen LogP contribution is 2.16.